The maximum atomic E-state index is 12.1. The van der Waals surface area contributed by atoms with E-state index in [9.17, 15) is 22.8 Å². The summed E-state index contributed by atoms with van der Waals surface area (Å²) in [6, 6.07) is 0. The average Bonchev–Trinajstić information content (AvgIpc) is 2.81. The summed E-state index contributed by atoms with van der Waals surface area (Å²) in [6.45, 7) is 4.97. The van der Waals surface area contributed by atoms with Crippen LogP contribution in [0, 0.1) is 6.92 Å². The number of nitrogens with one attached hydrogen (secondary N) is 1. The number of rotatable bonds is 8. The Morgan fingerprint density at radius 3 is 2.24 bits per heavy atom. The fourth-order valence-corrected chi connectivity index (χ4v) is 3.93. The first-order valence-corrected chi connectivity index (χ1v) is 10.8. The smallest absolute Gasteiger partial charge is 0.348 e. The second kappa shape index (κ2) is 9.17. The van der Waals surface area contributed by atoms with Crippen LogP contribution in [0.1, 0.15) is 39.4 Å². The minimum absolute atomic E-state index is 0.000101. The van der Waals surface area contributed by atoms with E-state index in [2.05, 4.69) is 5.32 Å². The Balaban J connectivity index is 3.14. The Hall–Kier alpha value is -1.63. The number of ether oxygens (including phenoxy) is 2. The Morgan fingerprint density at radius 2 is 1.72 bits per heavy atom. The van der Waals surface area contributed by atoms with Crippen LogP contribution in [0.15, 0.2) is 0 Å². The van der Waals surface area contributed by atoms with Gasteiger partial charge < -0.3 is 14.8 Å². The summed E-state index contributed by atoms with van der Waals surface area (Å²) in [5.74, 6) is -2.75. The topological polar surface area (TPSA) is 136 Å². The van der Waals surface area contributed by atoms with E-state index in [1.54, 1.807) is 13.8 Å². The van der Waals surface area contributed by atoms with Crippen molar-refractivity contribution >= 4 is 54.1 Å². The van der Waals surface area contributed by atoms with Gasteiger partial charge in [0, 0.05) is 10.8 Å². The highest BCUT2D eigenvalue weighted by molar-refractivity contribution is 8.70. The van der Waals surface area contributed by atoms with Crippen LogP contribution in [-0.4, -0.2) is 49.8 Å². The quantitative estimate of drug-likeness (QED) is 0.373. The Labute approximate surface area is 152 Å². The molecule has 12 heteroatoms. The van der Waals surface area contributed by atoms with Crippen LogP contribution in [0.25, 0.3) is 0 Å². The fourth-order valence-electron chi connectivity index (χ4n) is 1.73. The molecule has 25 heavy (non-hydrogen) atoms. The Kier molecular flexibility index (Phi) is 7.86. The van der Waals surface area contributed by atoms with E-state index < -0.39 is 32.7 Å². The zero-order chi connectivity index (χ0) is 19.2. The molecule has 2 N–H and O–H groups in total. The number of carbonyl (C=O) groups is 3. The van der Waals surface area contributed by atoms with Crippen molar-refractivity contribution in [1.82, 2.24) is 0 Å². The Morgan fingerprint density at radius 1 is 1.16 bits per heavy atom. The third-order valence-corrected chi connectivity index (χ3v) is 5.79. The molecule has 140 valence electrons. The minimum atomic E-state index is -4.38. The summed E-state index contributed by atoms with van der Waals surface area (Å²) < 4.78 is 39.8. The third-order valence-electron chi connectivity index (χ3n) is 2.68. The van der Waals surface area contributed by atoms with E-state index in [-0.39, 0.29) is 39.4 Å². The second-order valence-corrected chi connectivity index (χ2v) is 8.81. The molecule has 0 aliphatic carbocycles. The average molecular weight is 411 g/mol. The van der Waals surface area contributed by atoms with Gasteiger partial charge in [-0.1, -0.05) is 0 Å². The lowest BCUT2D eigenvalue weighted by Gasteiger charge is -2.06. The van der Waals surface area contributed by atoms with E-state index >= 15 is 0 Å². The number of amides is 1. The first-order chi connectivity index (χ1) is 11.6. The maximum Gasteiger partial charge on any atom is 0.348 e. The summed E-state index contributed by atoms with van der Waals surface area (Å²) in [5.41, 5.74) is 0.291. The summed E-state index contributed by atoms with van der Waals surface area (Å²) in [7, 11) is -4.35. The predicted octanol–water partition coefficient (Wildman–Crippen LogP) is 1.88. The van der Waals surface area contributed by atoms with E-state index in [0.717, 1.165) is 11.3 Å². The van der Waals surface area contributed by atoms with E-state index in [4.69, 9.17) is 14.0 Å². The van der Waals surface area contributed by atoms with Gasteiger partial charge in [0.1, 0.15) is 9.88 Å². The SMILES string of the molecule is CCOC(=O)c1sc(NC(=O)CSS(=O)(=O)O)c(C(=O)OCC)c1C. The van der Waals surface area contributed by atoms with Crippen LogP contribution in [0.5, 0.6) is 0 Å². The van der Waals surface area contributed by atoms with Crippen molar-refractivity contribution in [3.8, 4) is 0 Å². The maximum absolute atomic E-state index is 12.1. The standard InChI is InChI=1S/C13H17NO8S3/c1-4-21-12(16)9-7(3)10(13(17)22-5-2)24-11(9)14-8(15)6-23-25(18,19)20/h4-6H2,1-3H3,(H,14,15)(H,18,19,20). The van der Waals surface area contributed by atoms with Crippen LogP contribution < -0.4 is 5.32 Å². The van der Waals surface area contributed by atoms with Crippen molar-refractivity contribution in [2.45, 2.75) is 20.8 Å². The molecule has 1 heterocycles. The van der Waals surface area contributed by atoms with Crippen LogP contribution >= 0.6 is 22.1 Å². The summed E-state index contributed by atoms with van der Waals surface area (Å²) in [4.78, 5) is 36.0. The van der Waals surface area contributed by atoms with Gasteiger partial charge in [0.2, 0.25) is 5.91 Å². The van der Waals surface area contributed by atoms with Crippen LogP contribution in [0.4, 0.5) is 5.00 Å². The van der Waals surface area contributed by atoms with Crippen LogP contribution in [-0.2, 0) is 23.4 Å². The van der Waals surface area contributed by atoms with Gasteiger partial charge in [0.15, 0.2) is 0 Å². The lowest BCUT2D eigenvalue weighted by molar-refractivity contribution is -0.113. The van der Waals surface area contributed by atoms with Crippen molar-refractivity contribution in [2.75, 3.05) is 24.3 Å². The van der Waals surface area contributed by atoms with Gasteiger partial charge >= 0.3 is 21.1 Å². The van der Waals surface area contributed by atoms with Gasteiger partial charge in [-0.25, -0.2) is 9.59 Å². The lowest BCUT2D eigenvalue weighted by atomic mass is 10.1. The molecule has 0 bridgehead atoms. The third kappa shape index (κ3) is 6.30. The van der Waals surface area contributed by atoms with Gasteiger partial charge in [0.25, 0.3) is 0 Å². The van der Waals surface area contributed by atoms with Crippen molar-refractivity contribution in [3.05, 3.63) is 16.0 Å². The first kappa shape index (κ1) is 21.4. The fraction of sp³-hybridized carbons (Fsp3) is 0.462. The number of hydrogen-bond acceptors (Lipinski definition) is 9. The molecular weight excluding hydrogens is 394 g/mol. The van der Waals surface area contributed by atoms with Crippen molar-refractivity contribution < 1.29 is 36.8 Å². The summed E-state index contributed by atoms with van der Waals surface area (Å²) in [5, 5.41) is 2.40. The lowest BCUT2D eigenvalue weighted by Crippen LogP contribution is -2.17. The number of carbonyl (C=O) groups excluding carboxylic acids is 3. The highest BCUT2D eigenvalue weighted by atomic mass is 33.1. The molecule has 9 nitrogen and oxygen atoms in total. The molecule has 0 aromatic carbocycles. The largest absolute Gasteiger partial charge is 0.462 e. The van der Waals surface area contributed by atoms with Crippen molar-refractivity contribution in [1.29, 1.82) is 0 Å². The molecule has 1 aromatic rings. The zero-order valence-electron chi connectivity index (χ0n) is 13.7. The molecule has 1 aromatic heterocycles. The second-order valence-electron chi connectivity index (χ2n) is 4.44. The van der Waals surface area contributed by atoms with Gasteiger partial charge in [-0.2, -0.15) is 8.42 Å². The van der Waals surface area contributed by atoms with E-state index in [1.807, 2.05) is 0 Å². The molecule has 1 amide bonds. The summed E-state index contributed by atoms with van der Waals surface area (Å²) in [6.07, 6.45) is 0. The number of anilines is 1. The molecule has 1 rings (SSSR count). The molecular formula is C13H17NO8S3. The monoisotopic (exact) mass is 411 g/mol. The minimum Gasteiger partial charge on any atom is -0.462 e. The highest BCUT2D eigenvalue weighted by Gasteiger charge is 2.27. The zero-order valence-corrected chi connectivity index (χ0v) is 16.1. The van der Waals surface area contributed by atoms with Gasteiger partial charge in [-0.15, -0.1) is 11.3 Å². The van der Waals surface area contributed by atoms with Crippen molar-refractivity contribution in [3.63, 3.8) is 0 Å². The van der Waals surface area contributed by atoms with Gasteiger partial charge in [-0.3, -0.25) is 9.35 Å². The molecule has 0 aliphatic heterocycles. The van der Waals surface area contributed by atoms with Crippen LogP contribution in [0.2, 0.25) is 0 Å². The molecule has 0 spiro atoms. The first-order valence-electron chi connectivity index (χ1n) is 7.00. The molecule has 0 radical (unpaired) electrons. The molecule has 0 saturated carbocycles. The number of thiophene rings is 1. The molecule has 0 fully saturated rings. The normalized spacial score (nSPS) is 11.0. The van der Waals surface area contributed by atoms with E-state index in [0.29, 0.717) is 5.56 Å². The highest BCUT2D eigenvalue weighted by Crippen LogP contribution is 2.34. The van der Waals surface area contributed by atoms with Gasteiger partial charge in [0.05, 0.1) is 24.5 Å². The number of esters is 2. The number of hydrogen-bond donors (Lipinski definition) is 2. The van der Waals surface area contributed by atoms with Gasteiger partial charge in [-0.05, 0) is 26.3 Å². The predicted molar refractivity (Wildman–Crippen MR) is 93.6 cm³/mol. The molecule has 0 unspecified atom stereocenters. The van der Waals surface area contributed by atoms with Crippen LogP contribution in [0.3, 0.4) is 0 Å². The molecule has 0 saturated heterocycles. The Bertz CT molecular complexity index is 768. The molecule has 0 atom stereocenters. The van der Waals surface area contributed by atoms with Crippen molar-refractivity contribution in [2.24, 2.45) is 0 Å². The van der Waals surface area contributed by atoms with E-state index in [1.165, 1.54) is 6.92 Å². The molecule has 0 aliphatic rings. The summed E-state index contributed by atoms with van der Waals surface area (Å²) >= 11 is 0.822.